The van der Waals surface area contributed by atoms with Gasteiger partial charge in [0.2, 0.25) is 5.91 Å². The summed E-state index contributed by atoms with van der Waals surface area (Å²) in [4.78, 5) is 37.8. The summed E-state index contributed by atoms with van der Waals surface area (Å²) in [5.74, 6) is -0.925. The Hall–Kier alpha value is -3.60. The lowest BCUT2D eigenvalue weighted by molar-refractivity contribution is -0.118. The number of ether oxygens (including phenoxy) is 1. The smallest absolute Gasteiger partial charge is 0.338 e. The van der Waals surface area contributed by atoms with Crippen LogP contribution in [-0.2, 0) is 9.53 Å². The van der Waals surface area contributed by atoms with E-state index in [1.54, 1.807) is 70.2 Å². The maximum Gasteiger partial charge on any atom is 0.338 e. The van der Waals surface area contributed by atoms with Gasteiger partial charge in [-0.1, -0.05) is 23.2 Å². The first-order chi connectivity index (χ1) is 16.4. The highest BCUT2D eigenvalue weighted by atomic mass is 35.5. The predicted molar refractivity (Wildman–Crippen MR) is 136 cm³/mol. The molecule has 1 heterocycles. The van der Waals surface area contributed by atoms with Gasteiger partial charge in [-0.25, -0.2) is 4.79 Å². The molecule has 7 nitrogen and oxygen atoms in total. The summed E-state index contributed by atoms with van der Waals surface area (Å²) in [6, 6.07) is 13.3. The summed E-state index contributed by atoms with van der Waals surface area (Å²) in [7, 11) is 0. The molecule has 9 heteroatoms. The third-order valence-corrected chi connectivity index (χ3v) is 5.54. The molecule has 0 fully saturated rings. The van der Waals surface area contributed by atoms with Crippen LogP contribution >= 0.6 is 23.2 Å². The van der Waals surface area contributed by atoms with Crippen LogP contribution in [0.5, 0.6) is 0 Å². The monoisotopic (exact) mass is 511 g/mol. The summed E-state index contributed by atoms with van der Waals surface area (Å²) >= 11 is 12.5. The highest BCUT2D eigenvalue weighted by molar-refractivity contribution is 6.34. The zero-order valence-corrected chi connectivity index (χ0v) is 21.1. The fourth-order valence-corrected chi connectivity index (χ4v) is 3.70. The van der Waals surface area contributed by atoms with E-state index in [0.29, 0.717) is 33.0 Å². The number of halogens is 2. The summed E-state index contributed by atoms with van der Waals surface area (Å²) < 4.78 is 6.53. The van der Waals surface area contributed by atoms with Gasteiger partial charge in [-0.15, -0.1) is 0 Å². The number of aromatic nitrogens is 1. The standard InChI is InChI=1S/C26H23Cl2N3O4/c1-15(24(33)30-19-9-6-16(7-10-19)25(34)35-26(2,3)4)31-14-22(28)21(12-23(31)32)20-11-18(27)8-5-17(20)13-29/h5-12,14-15H,1-4H3,(H,30,33). The quantitative estimate of drug-likeness (QED) is 0.433. The summed E-state index contributed by atoms with van der Waals surface area (Å²) in [6.45, 7) is 6.89. The van der Waals surface area contributed by atoms with Gasteiger partial charge in [0, 0.05) is 34.1 Å². The molecule has 0 radical (unpaired) electrons. The number of hydrogen-bond acceptors (Lipinski definition) is 5. The van der Waals surface area contributed by atoms with E-state index in [2.05, 4.69) is 11.4 Å². The number of anilines is 1. The largest absolute Gasteiger partial charge is 0.456 e. The molecular weight excluding hydrogens is 489 g/mol. The van der Waals surface area contributed by atoms with Crippen molar-refractivity contribution >= 4 is 40.8 Å². The number of hydrogen-bond donors (Lipinski definition) is 1. The average Bonchev–Trinajstić information content (AvgIpc) is 2.79. The number of carbonyl (C=O) groups is 2. The van der Waals surface area contributed by atoms with Crippen LogP contribution in [0.3, 0.4) is 0 Å². The first-order valence-corrected chi connectivity index (χ1v) is 11.4. The van der Waals surface area contributed by atoms with E-state index in [0.717, 1.165) is 0 Å². The van der Waals surface area contributed by atoms with E-state index in [1.807, 2.05) is 0 Å². The summed E-state index contributed by atoms with van der Waals surface area (Å²) in [5, 5.41) is 12.7. The molecule has 0 aliphatic heterocycles. The minimum Gasteiger partial charge on any atom is -0.456 e. The highest BCUT2D eigenvalue weighted by Gasteiger charge is 2.21. The lowest BCUT2D eigenvalue weighted by atomic mass is 10.0. The van der Waals surface area contributed by atoms with Crippen molar-refractivity contribution in [1.82, 2.24) is 4.57 Å². The molecule has 1 aromatic heterocycles. The van der Waals surface area contributed by atoms with Crippen molar-refractivity contribution in [3.63, 3.8) is 0 Å². The van der Waals surface area contributed by atoms with E-state index < -0.39 is 29.1 Å². The SMILES string of the molecule is CC(C(=O)Nc1ccc(C(=O)OC(C)(C)C)cc1)n1cc(Cl)c(-c2cc(Cl)ccc2C#N)cc1=O. The Balaban J connectivity index is 1.81. The minimum absolute atomic E-state index is 0.185. The number of carbonyl (C=O) groups excluding carboxylic acids is 2. The lowest BCUT2D eigenvalue weighted by Gasteiger charge is -2.19. The van der Waals surface area contributed by atoms with Crippen LogP contribution in [0.25, 0.3) is 11.1 Å². The van der Waals surface area contributed by atoms with Gasteiger partial charge in [0.25, 0.3) is 5.56 Å². The second-order valence-corrected chi connectivity index (χ2v) is 9.67. The molecule has 0 bridgehead atoms. The van der Waals surface area contributed by atoms with Crippen molar-refractivity contribution in [2.75, 3.05) is 5.32 Å². The average molecular weight is 512 g/mol. The molecule has 2 aromatic carbocycles. The Morgan fingerprint density at radius 3 is 2.31 bits per heavy atom. The number of nitriles is 1. The van der Waals surface area contributed by atoms with Crippen LogP contribution in [-0.4, -0.2) is 22.0 Å². The maximum atomic E-state index is 12.8. The number of nitrogens with one attached hydrogen (secondary N) is 1. The maximum absolute atomic E-state index is 12.8. The number of nitrogens with zero attached hydrogens (tertiary/aromatic N) is 2. The van der Waals surface area contributed by atoms with Crippen molar-refractivity contribution in [2.24, 2.45) is 0 Å². The van der Waals surface area contributed by atoms with E-state index in [9.17, 15) is 19.6 Å². The van der Waals surface area contributed by atoms with Crippen molar-refractivity contribution in [3.8, 4) is 17.2 Å². The highest BCUT2D eigenvalue weighted by Crippen LogP contribution is 2.31. The van der Waals surface area contributed by atoms with Gasteiger partial charge in [0.1, 0.15) is 11.6 Å². The molecule has 0 saturated carbocycles. The van der Waals surface area contributed by atoms with Gasteiger partial charge in [0.15, 0.2) is 0 Å². The van der Waals surface area contributed by atoms with Gasteiger partial charge in [-0.2, -0.15) is 5.26 Å². The van der Waals surface area contributed by atoms with Crippen LogP contribution in [0, 0.1) is 11.3 Å². The topological polar surface area (TPSA) is 101 Å². The van der Waals surface area contributed by atoms with Crippen LogP contribution < -0.4 is 10.9 Å². The molecule has 35 heavy (non-hydrogen) atoms. The number of pyridine rings is 1. The Morgan fingerprint density at radius 2 is 1.71 bits per heavy atom. The second kappa shape index (κ2) is 10.3. The molecule has 1 atom stereocenters. The molecule has 3 aromatic rings. The number of amides is 1. The Bertz CT molecular complexity index is 1380. The fourth-order valence-electron chi connectivity index (χ4n) is 3.27. The van der Waals surface area contributed by atoms with Gasteiger partial charge < -0.3 is 14.6 Å². The summed E-state index contributed by atoms with van der Waals surface area (Å²) in [6.07, 6.45) is 1.36. The second-order valence-electron chi connectivity index (χ2n) is 8.83. The van der Waals surface area contributed by atoms with E-state index >= 15 is 0 Å². The fraction of sp³-hybridized carbons (Fsp3) is 0.231. The molecule has 0 aliphatic carbocycles. The lowest BCUT2D eigenvalue weighted by Crippen LogP contribution is -2.31. The van der Waals surface area contributed by atoms with Gasteiger partial charge in [-0.3, -0.25) is 9.59 Å². The molecular formula is C26H23Cl2N3O4. The van der Waals surface area contributed by atoms with E-state index in [4.69, 9.17) is 27.9 Å². The van der Waals surface area contributed by atoms with Crippen molar-refractivity contribution < 1.29 is 14.3 Å². The van der Waals surface area contributed by atoms with Crippen molar-refractivity contribution in [1.29, 1.82) is 5.26 Å². The van der Waals surface area contributed by atoms with Crippen LogP contribution in [0.15, 0.2) is 59.5 Å². The van der Waals surface area contributed by atoms with Crippen molar-refractivity contribution in [2.45, 2.75) is 39.3 Å². The minimum atomic E-state index is -0.894. The molecule has 0 saturated heterocycles. The first kappa shape index (κ1) is 26.0. The molecule has 3 rings (SSSR count). The van der Waals surface area contributed by atoms with Gasteiger partial charge >= 0.3 is 5.97 Å². The number of rotatable bonds is 5. The summed E-state index contributed by atoms with van der Waals surface area (Å²) in [5.41, 5.74) is 0.788. The Labute approximate surface area is 212 Å². The molecule has 1 N–H and O–H groups in total. The van der Waals surface area contributed by atoms with E-state index in [-0.39, 0.29) is 5.02 Å². The number of esters is 1. The normalized spacial score (nSPS) is 11.9. The first-order valence-electron chi connectivity index (χ1n) is 10.7. The molecule has 1 amide bonds. The molecule has 1 unspecified atom stereocenters. The van der Waals surface area contributed by atoms with Crippen molar-refractivity contribution in [3.05, 3.63) is 86.3 Å². The third kappa shape index (κ3) is 6.30. The molecule has 0 aliphatic rings. The molecule has 180 valence electrons. The predicted octanol–water partition coefficient (Wildman–Crippen LogP) is 5.85. The zero-order valence-electron chi connectivity index (χ0n) is 19.6. The van der Waals surface area contributed by atoms with Crippen LogP contribution in [0.1, 0.15) is 49.7 Å². The molecule has 0 spiro atoms. The third-order valence-electron chi connectivity index (χ3n) is 5.01. The van der Waals surface area contributed by atoms with Crippen LogP contribution in [0.2, 0.25) is 10.0 Å². The number of benzene rings is 2. The van der Waals surface area contributed by atoms with Gasteiger partial charge in [0.05, 0.1) is 22.2 Å². The van der Waals surface area contributed by atoms with Gasteiger partial charge in [-0.05, 0) is 70.2 Å². The van der Waals surface area contributed by atoms with Crippen LogP contribution in [0.4, 0.5) is 5.69 Å². The Kier molecular flexibility index (Phi) is 7.69. The van der Waals surface area contributed by atoms with E-state index in [1.165, 1.54) is 16.8 Å². The zero-order chi connectivity index (χ0) is 25.9. The Morgan fingerprint density at radius 1 is 1.06 bits per heavy atom.